The summed E-state index contributed by atoms with van der Waals surface area (Å²) in [5.41, 5.74) is -0.392. The largest absolute Gasteiger partial charge is 0.478 e. The summed E-state index contributed by atoms with van der Waals surface area (Å²) >= 11 is 0. The second-order valence-electron chi connectivity index (χ2n) is 4.25. The molecule has 0 saturated carbocycles. The molecule has 0 aliphatic carbocycles. The van der Waals surface area contributed by atoms with Gasteiger partial charge in [0.1, 0.15) is 5.56 Å². The van der Waals surface area contributed by atoms with E-state index in [1.165, 1.54) is 0 Å². The summed E-state index contributed by atoms with van der Waals surface area (Å²) < 4.78 is 26.0. The molecule has 9 heteroatoms. The quantitative estimate of drug-likeness (QED) is 0.490. The van der Waals surface area contributed by atoms with Crippen LogP contribution in [0.2, 0.25) is 0 Å². The highest BCUT2D eigenvalue weighted by Crippen LogP contribution is 2.12. The number of aromatic nitrogens is 2. The Bertz CT molecular complexity index is 525. The number of rotatable bonds is 8. The smallest absolute Gasteiger partial charge is 0.340 e. The number of H-pyrrole nitrogens is 1. The van der Waals surface area contributed by atoms with Gasteiger partial charge in [-0.2, -0.15) is 5.10 Å². The zero-order chi connectivity index (χ0) is 14.5. The first-order valence-electron chi connectivity index (χ1n) is 5.75. The normalized spacial score (nSPS) is 13.4. The number of carbonyl (C=O) groups is 1. The number of aromatic carboxylic acids is 1. The minimum absolute atomic E-state index is 0.0520. The molecule has 0 aliphatic rings. The highest BCUT2D eigenvalue weighted by Gasteiger charge is 2.24. The van der Waals surface area contributed by atoms with E-state index in [4.69, 9.17) is 10.2 Å². The number of hydrogen-bond donors (Lipinski definition) is 4. The van der Waals surface area contributed by atoms with E-state index in [0.717, 1.165) is 6.20 Å². The van der Waals surface area contributed by atoms with E-state index in [2.05, 4.69) is 14.9 Å². The Kier molecular flexibility index (Phi) is 5.45. The Morgan fingerprint density at radius 3 is 2.84 bits per heavy atom. The van der Waals surface area contributed by atoms with Gasteiger partial charge in [-0.3, -0.25) is 5.10 Å². The van der Waals surface area contributed by atoms with E-state index >= 15 is 0 Å². The van der Waals surface area contributed by atoms with Crippen LogP contribution in [0.15, 0.2) is 11.2 Å². The first-order chi connectivity index (χ1) is 8.88. The first-order valence-corrected chi connectivity index (χ1v) is 7.24. The lowest BCUT2D eigenvalue weighted by molar-refractivity contribution is 0.0692. The number of aliphatic hydroxyl groups is 1. The van der Waals surface area contributed by atoms with Crippen LogP contribution in [0.1, 0.15) is 30.1 Å². The van der Waals surface area contributed by atoms with E-state index in [9.17, 15) is 13.2 Å². The molecule has 1 atom stereocenters. The van der Waals surface area contributed by atoms with Crippen molar-refractivity contribution in [2.24, 2.45) is 5.92 Å². The monoisotopic (exact) mass is 291 g/mol. The van der Waals surface area contributed by atoms with Crippen LogP contribution in [0.5, 0.6) is 0 Å². The molecule has 0 saturated heterocycles. The molecule has 19 heavy (non-hydrogen) atoms. The fourth-order valence-electron chi connectivity index (χ4n) is 1.45. The van der Waals surface area contributed by atoms with Crippen LogP contribution in [0.4, 0.5) is 0 Å². The lowest BCUT2D eigenvalue weighted by Gasteiger charge is -2.08. The number of nitrogens with zero attached hydrogens (tertiary/aromatic N) is 1. The van der Waals surface area contributed by atoms with Crippen molar-refractivity contribution in [3.63, 3.8) is 0 Å². The molecule has 0 aromatic carbocycles. The molecule has 0 amide bonds. The molecule has 0 fully saturated rings. The Labute approximate surface area is 110 Å². The molecule has 1 aromatic heterocycles. The van der Waals surface area contributed by atoms with E-state index < -0.39 is 26.6 Å². The molecule has 1 unspecified atom stereocenters. The van der Waals surface area contributed by atoms with Gasteiger partial charge >= 0.3 is 5.97 Å². The maximum absolute atomic E-state index is 11.8. The molecule has 8 nitrogen and oxygen atoms in total. The Hall–Kier alpha value is -1.45. The van der Waals surface area contributed by atoms with Gasteiger partial charge in [0.25, 0.3) is 10.0 Å². The van der Waals surface area contributed by atoms with Crippen LogP contribution < -0.4 is 4.72 Å². The average molecular weight is 291 g/mol. The molecule has 1 aromatic rings. The molecule has 0 aliphatic heterocycles. The van der Waals surface area contributed by atoms with Gasteiger partial charge in [0, 0.05) is 13.2 Å². The molecule has 1 rings (SSSR count). The summed E-state index contributed by atoms with van der Waals surface area (Å²) in [5.74, 6) is -1.26. The van der Waals surface area contributed by atoms with Gasteiger partial charge in [-0.15, -0.1) is 0 Å². The van der Waals surface area contributed by atoms with Crippen molar-refractivity contribution >= 4 is 16.0 Å². The highest BCUT2D eigenvalue weighted by atomic mass is 32.2. The Morgan fingerprint density at radius 1 is 1.58 bits per heavy atom. The van der Waals surface area contributed by atoms with Gasteiger partial charge in [-0.25, -0.2) is 17.9 Å². The Morgan fingerprint density at radius 2 is 2.26 bits per heavy atom. The number of sulfonamides is 1. The molecule has 0 bridgehead atoms. The van der Waals surface area contributed by atoms with Gasteiger partial charge in [0.2, 0.25) is 0 Å². The molecular weight excluding hydrogens is 274 g/mol. The number of nitrogens with one attached hydrogen (secondary N) is 2. The zero-order valence-corrected chi connectivity index (χ0v) is 11.3. The molecule has 0 radical (unpaired) electrons. The fourth-order valence-corrected chi connectivity index (χ4v) is 2.61. The van der Waals surface area contributed by atoms with Gasteiger partial charge < -0.3 is 10.2 Å². The van der Waals surface area contributed by atoms with Crippen LogP contribution in [0, 0.1) is 5.92 Å². The third-order valence-corrected chi connectivity index (χ3v) is 4.01. The highest BCUT2D eigenvalue weighted by molar-refractivity contribution is 7.89. The van der Waals surface area contributed by atoms with Crippen molar-refractivity contribution in [2.45, 2.75) is 24.8 Å². The topological polar surface area (TPSA) is 132 Å². The summed E-state index contributed by atoms with van der Waals surface area (Å²) in [5, 5.41) is 22.8. The summed E-state index contributed by atoms with van der Waals surface area (Å²) in [6.07, 6.45) is 2.18. The van der Waals surface area contributed by atoms with Crippen LogP contribution in [-0.2, 0) is 10.0 Å². The number of carboxylic acid groups (broad SMARTS) is 1. The van der Waals surface area contributed by atoms with Crippen molar-refractivity contribution in [3.05, 3.63) is 11.8 Å². The van der Waals surface area contributed by atoms with E-state index in [1.807, 2.05) is 6.92 Å². The molecular formula is C10H17N3O5S. The van der Waals surface area contributed by atoms with Crippen LogP contribution in [0.25, 0.3) is 0 Å². The van der Waals surface area contributed by atoms with Crippen LogP contribution in [-0.4, -0.2) is 47.9 Å². The third-order valence-electron chi connectivity index (χ3n) is 2.58. The van der Waals surface area contributed by atoms with Gasteiger partial charge in [0.05, 0.1) is 6.20 Å². The lowest BCUT2D eigenvalue weighted by Crippen LogP contribution is -2.27. The number of aromatic amines is 1. The maximum Gasteiger partial charge on any atom is 0.340 e. The number of aliphatic hydroxyl groups excluding tert-OH is 1. The summed E-state index contributed by atoms with van der Waals surface area (Å²) in [6.45, 7) is 2.08. The summed E-state index contributed by atoms with van der Waals surface area (Å²) in [6, 6.07) is 0. The second kappa shape index (κ2) is 6.64. The van der Waals surface area contributed by atoms with Crippen molar-refractivity contribution < 1.29 is 23.4 Å². The number of hydrogen-bond acceptors (Lipinski definition) is 5. The minimum atomic E-state index is -3.91. The molecule has 108 valence electrons. The van der Waals surface area contributed by atoms with Crippen molar-refractivity contribution in [1.82, 2.24) is 14.9 Å². The van der Waals surface area contributed by atoms with E-state index in [1.54, 1.807) is 0 Å². The average Bonchev–Trinajstić information content (AvgIpc) is 2.84. The molecule has 1 heterocycles. The summed E-state index contributed by atoms with van der Waals surface area (Å²) in [7, 11) is -3.91. The standard InChI is InChI=1S/C10H17N3O5S/c1-7(6-14)3-2-4-12-19(17,18)9-8(10(15)16)5-11-13-9/h5,7,12,14H,2-4,6H2,1H3,(H,11,13)(H,15,16). The zero-order valence-electron chi connectivity index (χ0n) is 10.5. The number of carboxylic acids is 1. The summed E-state index contributed by atoms with van der Waals surface area (Å²) in [4.78, 5) is 10.8. The van der Waals surface area contributed by atoms with Gasteiger partial charge in [0.15, 0.2) is 5.03 Å². The first kappa shape index (κ1) is 15.6. The van der Waals surface area contributed by atoms with Crippen LogP contribution >= 0.6 is 0 Å². The van der Waals surface area contributed by atoms with Crippen molar-refractivity contribution in [1.29, 1.82) is 0 Å². The predicted octanol–water partition coefficient (Wildman–Crippen LogP) is -0.205. The van der Waals surface area contributed by atoms with Gasteiger partial charge in [-0.05, 0) is 18.8 Å². The van der Waals surface area contributed by atoms with Crippen molar-refractivity contribution in [3.8, 4) is 0 Å². The SMILES string of the molecule is CC(CO)CCCNS(=O)(=O)c1[nH]ncc1C(=O)O. The van der Waals surface area contributed by atoms with E-state index in [0.29, 0.717) is 12.8 Å². The van der Waals surface area contributed by atoms with Crippen LogP contribution in [0.3, 0.4) is 0 Å². The van der Waals surface area contributed by atoms with Gasteiger partial charge in [-0.1, -0.05) is 6.92 Å². The second-order valence-corrected chi connectivity index (χ2v) is 5.95. The lowest BCUT2D eigenvalue weighted by atomic mass is 10.1. The molecule has 0 spiro atoms. The Balaban J connectivity index is 2.61. The maximum atomic E-state index is 11.8. The van der Waals surface area contributed by atoms with E-state index in [-0.39, 0.29) is 19.1 Å². The minimum Gasteiger partial charge on any atom is -0.478 e. The fraction of sp³-hybridized carbons (Fsp3) is 0.600. The third kappa shape index (κ3) is 4.30. The predicted molar refractivity (Wildman–Crippen MR) is 66.2 cm³/mol. The van der Waals surface area contributed by atoms with Crippen molar-refractivity contribution in [2.75, 3.05) is 13.2 Å². The molecule has 4 N–H and O–H groups in total.